The Kier molecular flexibility index (Phi) is 2.35. The lowest BCUT2D eigenvalue weighted by atomic mass is 10.1. The largest absolute Gasteiger partial charge is 0.240 e. The maximum atomic E-state index is 10.2. The topological polar surface area (TPSA) is 83.9 Å². The Bertz CT molecular complexity index is 513. The van der Waals surface area contributed by atoms with Gasteiger partial charge in [-0.05, 0) is 23.8 Å². The molecule has 1 aromatic heterocycles. The molecule has 1 N–H and O–H groups in total. The predicted molar refractivity (Wildman–Crippen MR) is 52.1 cm³/mol. The van der Waals surface area contributed by atoms with Crippen molar-refractivity contribution >= 4 is 11.8 Å². The summed E-state index contributed by atoms with van der Waals surface area (Å²) >= 11 is 0. The monoisotopic (exact) mass is 201 g/mol. The first-order valence-corrected chi connectivity index (χ1v) is 4.23. The van der Waals surface area contributed by atoms with E-state index < -0.39 is 0 Å². The average Bonchev–Trinajstić information content (AvgIpc) is 2.75. The number of nitrogens with one attached hydrogen (secondary N) is 1. The van der Waals surface area contributed by atoms with E-state index in [0.29, 0.717) is 11.5 Å². The number of tetrazole rings is 1. The Labute approximate surface area is 85.0 Å². The SMILES string of the molecule is Cc1ccc(-c2nn[nH]n2)cc1N=C=O. The molecule has 0 saturated heterocycles. The van der Waals surface area contributed by atoms with E-state index in [0.717, 1.165) is 11.1 Å². The van der Waals surface area contributed by atoms with Gasteiger partial charge < -0.3 is 0 Å². The van der Waals surface area contributed by atoms with E-state index in [1.165, 1.54) is 6.08 Å². The number of H-pyrrole nitrogens is 1. The number of hydrogen-bond donors (Lipinski definition) is 1. The van der Waals surface area contributed by atoms with Gasteiger partial charge in [-0.25, -0.2) is 4.79 Å². The van der Waals surface area contributed by atoms with Crippen molar-refractivity contribution in [3.05, 3.63) is 23.8 Å². The second kappa shape index (κ2) is 3.81. The second-order valence-electron chi connectivity index (χ2n) is 2.94. The van der Waals surface area contributed by atoms with Crippen LogP contribution in [0.3, 0.4) is 0 Å². The van der Waals surface area contributed by atoms with E-state index in [1.54, 1.807) is 6.07 Å². The third kappa shape index (κ3) is 1.79. The van der Waals surface area contributed by atoms with Gasteiger partial charge in [0.15, 0.2) is 0 Å². The van der Waals surface area contributed by atoms with Crippen molar-refractivity contribution in [1.29, 1.82) is 0 Å². The quantitative estimate of drug-likeness (QED) is 0.583. The summed E-state index contributed by atoms with van der Waals surface area (Å²) < 4.78 is 0. The molecule has 0 fully saturated rings. The Morgan fingerprint density at radius 2 is 2.33 bits per heavy atom. The highest BCUT2D eigenvalue weighted by Crippen LogP contribution is 2.24. The summed E-state index contributed by atoms with van der Waals surface area (Å²) in [7, 11) is 0. The number of benzene rings is 1. The molecule has 2 aromatic rings. The van der Waals surface area contributed by atoms with Crippen molar-refractivity contribution < 1.29 is 4.79 Å². The van der Waals surface area contributed by atoms with Crippen molar-refractivity contribution in [2.45, 2.75) is 6.92 Å². The molecule has 0 spiro atoms. The van der Waals surface area contributed by atoms with Gasteiger partial charge in [0.2, 0.25) is 11.9 Å². The van der Waals surface area contributed by atoms with E-state index in [9.17, 15) is 4.79 Å². The third-order valence-electron chi connectivity index (χ3n) is 1.98. The van der Waals surface area contributed by atoms with Crippen LogP contribution in [-0.2, 0) is 4.79 Å². The van der Waals surface area contributed by atoms with Gasteiger partial charge in [-0.3, -0.25) is 0 Å². The molecular weight excluding hydrogens is 194 g/mol. The van der Waals surface area contributed by atoms with Crippen molar-refractivity contribution in [3.8, 4) is 11.4 Å². The zero-order chi connectivity index (χ0) is 10.7. The van der Waals surface area contributed by atoms with Gasteiger partial charge in [-0.15, -0.1) is 10.2 Å². The summed E-state index contributed by atoms with van der Waals surface area (Å²) in [6.07, 6.45) is 1.51. The molecule has 1 heterocycles. The van der Waals surface area contributed by atoms with Gasteiger partial charge in [-0.1, -0.05) is 12.1 Å². The molecular formula is C9H7N5O. The zero-order valence-electron chi connectivity index (χ0n) is 7.93. The number of rotatable bonds is 2. The van der Waals surface area contributed by atoms with E-state index in [2.05, 4.69) is 25.6 Å². The molecule has 0 aliphatic rings. The Balaban J connectivity index is 2.52. The molecule has 0 saturated carbocycles. The molecule has 2 rings (SSSR count). The summed E-state index contributed by atoms with van der Waals surface area (Å²) in [5.74, 6) is 0.470. The molecule has 0 aliphatic heterocycles. The van der Waals surface area contributed by atoms with E-state index in [1.807, 2.05) is 19.1 Å². The fourth-order valence-electron chi connectivity index (χ4n) is 1.20. The van der Waals surface area contributed by atoms with Crippen LogP contribution >= 0.6 is 0 Å². The van der Waals surface area contributed by atoms with E-state index >= 15 is 0 Å². The minimum Gasteiger partial charge on any atom is -0.211 e. The summed E-state index contributed by atoms with van der Waals surface area (Å²) in [5.41, 5.74) is 2.21. The van der Waals surface area contributed by atoms with Gasteiger partial charge in [0.25, 0.3) is 0 Å². The highest BCUT2D eigenvalue weighted by Gasteiger charge is 2.05. The highest BCUT2D eigenvalue weighted by molar-refractivity contribution is 5.64. The number of aromatic nitrogens is 4. The van der Waals surface area contributed by atoms with Crippen LogP contribution in [0.1, 0.15) is 5.56 Å². The molecule has 0 atom stereocenters. The fourth-order valence-corrected chi connectivity index (χ4v) is 1.20. The molecule has 0 amide bonds. The molecule has 0 unspecified atom stereocenters. The van der Waals surface area contributed by atoms with Crippen LogP contribution in [0.2, 0.25) is 0 Å². The Hall–Kier alpha value is -2.33. The first-order chi connectivity index (χ1) is 7.31. The molecule has 0 radical (unpaired) electrons. The number of hydrogen-bond acceptors (Lipinski definition) is 5. The predicted octanol–water partition coefficient (Wildman–Crippen LogP) is 1.14. The Morgan fingerprint density at radius 1 is 1.47 bits per heavy atom. The smallest absolute Gasteiger partial charge is 0.211 e. The van der Waals surface area contributed by atoms with E-state index in [4.69, 9.17) is 0 Å². The first-order valence-electron chi connectivity index (χ1n) is 4.23. The average molecular weight is 201 g/mol. The van der Waals surface area contributed by atoms with Gasteiger partial charge in [-0.2, -0.15) is 10.2 Å². The van der Waals surface area contributed by atoms with Crippen molar-refractivity contribution in [2.24, 2.45) is 4.99 Å². The molecule has 74 valence electrons. The van der Waals surface area contributed by atoms with E-state index in [-0.39, 0.29) is 0 Å². The number of aryl methyl sites for hydroxylation is 1. The lowest BCUT2D eigenvalue weighted by Crippen LogP contribution is -1.82. The maximum Gasteiger partial charge on any atom is 0.240 e. The van der Waals surface area contributed by atoms with Gasteiger partial charge in [0.1, 0.15) is 0 Å². The Morgan fingerprint density at radius 3 is 3.00 bits per heavy atom. The first kappa shape index (κ1) is 9.23. The molecule has 6 nitrogen and oxygen atoms in total. The summed E-state index contributed by atoms with van der Waals surface area (Å²) in [4.78, 5) is 13.8. The summed E-state index contributed by atoms with van der Waals surface area (Å²) in [6, 6.07) is 5.39. The van der Waals surface area contributed by atoms with Crippen LogP contribution in [0.4, 0.5) is 5.69 Å². The third-order valence-corrected chi connectivity index (χ3v) is 1.98. The number of nitrogens with zero attached hydrogens (tertiary/aromatic N) is 4. The number of aromatic amines is 1. The number of isocyanates is 1. The van der Waals surface area contributed by atoms with Crippen LogP contribution < -0.4 is 0 Å². The van der Waals surface area contributed by atoms with Crippen molar-refractivity contribution in [1.82, 2.24) is 20.6 Å². The van der Waals surface area contributed by atoms with Crippen LogP contribution in [0, 0.1) is 6.92 Å². The van der Waals surface area contributed by atoms with Gasteiger partial charge >= 0.3 is 0 Å². The number of aliphatic imine (C=N–C) groups is 1. The van der Waals surface area contributed by atoms with Gasteiger partial charge in [0.05, 0.1) is 5.69 Å². The molecule has 6 heteroatoms. The molecule has 15 heavy (non-hydrogen) atoms. The molecule has 0 aliphatic carbocycles. The molecule has 0 bridgehead atoms. The fraction of sp³-hybridized carbons (Fsp3) is 0.111. The van der Waals surface area contributed by atoms with Crippen LogP contribution in [-0.4, -0.2) is 26.7 Å². The van der Waals surface area contributed by atoms with Crippen LogP contribution in [0.15, 0.2) is 23.2 Å². The molecule has 1 aromatic carbocycles. The minimum absolute atomic E-state index is 0.470. The summed E-state index contributed by atoms with van der Waals surface area (Å²) in [5, 5.41) is 13.5. The number of carbonyl (C=O) groups excluding carboxylic acids is 1. The lowest BCUT2D eigenvalue weighted by molar-refractivity contribution is 0.565. The normalized spacial score (nSPS) is 9.67. The van der Waals surface area contributed by atoms with Crippen molar-refractivity contribution in [3.63, 3.8) is 0 Å². The van der Waals surface area contributed by atoms with Crippen LogP contribution in [0.25, 0.3) is 11.4 Å². The van der Waals surface area contributed by atoms with Crippen LogP contribution in [0.5, 0.6) is 0 Å². The zero-order valence-corrected chi connectivity index (χ0v) is 7.93. The van der Waals surface area contributed by atoms with Crippen molar-refractivity contribution in [2.75, 3.05) is 0 Å². The second-order valence-corrected chi connectivity index (χ2v) is 2.94. The maximum absolute atomic E-state index is 10.2. The lowest BCUT2D eigenvalue weighted by Gasteiger charge is -1.99. The minimum atomic E-state index is 0.470. The summed E-state index contributed by atoms with van der Waals surface area (Å²) in [6.45, 7) is 1.86. The highest BCUT2D eigenvalue weighted by atomic mass is 16.1. The van der Waals surface area contributed by atoms with Gasteiger partial charge in [0, 0.05) is 5.56 Å². The standard InChI is InChI=1S/C9H7N5O/c1-6-2-3-7(4-8(6)10-5-15)9-11-13-14-12-9/h2-4H,1H3,(H,11,12,13,14).